The summed E-state index contributed by atoms with van der Waals surface area (Å²) in [5.41, 5.74) is 7.61. The van der Waals surface area contributed by atoms with Crippen molar-refractivity contribution >= 4 is 11.3 Å². The van der Waals surface area contributed by atoms with Gasteiger partial charge in [-0.1, -0.05) is 51.9 Å². The molecule has 1 atom stereocenters. The first kappa shape index (κ1) is 15.7. The molecule has 0 amide bonds. The molecule has 0 aliphatic rings. The minimum absolute atomic E-state index is 0.403. The molecule has 1 aromatic rings. The zero-order valence-corrected chi connectivity index (χ0v) is 12.7. The Morgan fingerprint density at radius 2 is 1.78 bits per heavy atom. The van der Waals surface area contributed by atoms with Gasteiger partial charge in [0.2, 0.25) is 0 Å². The van der Waals surface area contributed by atoms with Gasteiger partial charge in [-0.15, -0.1) is 0 Å². The molecule has 1 heterocycles. The Labute approximate surface area is 117 Å². The summed E-state index contributed by atoms with van der Waals surface area (Å²) in [4.78, 5) is 0. The molecular weight excluding hydrogens is 238 g/mol. The normalized spacial score (nSPS) is 12.8. The lowest BCUT2D eigenvalue weighted by atomic mass is 10.0. The smallest absolute Gasteiger partial charge is 0.00419 e. The van der Waals surface area contributed by atoms with Crippen LogP contribution in [0.5, 0.6) is 0 Å². The van der Waals surface area contributed by atoms with Gasteiger partial charge in [0.05, 0.1) is 0 Å². The summed E-state index contributed by atoms with van der Waals surface area (Å²) < 4.78 is 0. The van der Waals surface area contributed by atoms with Crippen LogP contribution in [0.15, 0.2) is 16.8 Å². The third kappa shape index (κ3) is 7.88. The molecular formula is C16H29NS. The first-order valence-electron chi connectivity index (χ1n) is 7.59. The van der Waals surface area contributed by atoms with Gasteiger partial charge in [0, 0.05) is 6.04 Å². The van der Waals surface area contributed by atoms with Crippen LogP contribution in [0.3, 0.4) is 0 Å². The Bertz CT molecular complexity index is 269. The molecule has 0 radical (unpaired) electrons. The summed E-state index contributed by atoms with van der Waals surface area (Å²) in [6, 6.07) is 2.62. The zero-order valence-electron chi connectivity index (χ0n) is 11.9. The summed E-state index contributed by atoms with van der Waals surface area (Å²) in [5, 5.41) is 4.39. The Hall–Kier alpha value is -0.340. The molecule has 2 N–H and O–H groups in total. The van der Waals surface area contributed by atoms with Gasteiger partial charge in [0.15, 0.2) is 0 Å². The lowest BCUT2D eigenvalue weighted by Crippen LogP contribution is -2.20. The van der Waals surface area contributed by atoms with Crippen molar-refractivity contribution in [3.05, 3.63) is 22.4 Å². The quantitative estimate of drug-likeness (QED) is 0.551. The Balaban J connectivity index is 1.89. The van der Waals surface area contributed by atoms with Crippen molar-refractivity contribution in [2.24, 2.45) is 5.73 Å². The van der Waals surface area contributed by atoms with Gasteiger partial charge in [0.1, 0.15) is 0 Å². The zero-order chi connectivity index (χ0) is 13.1. The predicted octanol–water partition coefficient (Wildman–Crippen LogP) is 5.15. The SMILES string of the molecule is CCCCCCCCCC(N)CCc1ccsc1. The van der Waals surface area contributed by atoms with Crippen LogP contribution in [0.25, 0.3) is 0 Å². The fraction of sp³-hybridized carbons (Fsp3) is 0.750. The number of rotatable bonds is 11. The second kappa shape index (κ2) is 10.6. The first-order valence-corrected chi connectivity index (χ1v) is 8.54. The molecule has 0 bridgehead atoms. The molecule has 1 aromatic heterocycles. The van der Waals surface area contributed by atoms with E-state index in [1.54, 1.807) is 11.3 Å². The molecule has 0 saturated heterocycles. The van der Waals surface area contributed by atoms with Crippen LogP contribution in [0.4, 0.5) is 0 Å². The number of thiophene rings is 1. The average molecular weight is 267 g/mol. The first-order chi connectivity index (χ1) is 8.83. The molecule has 18 heavy (non-hydrogen) atoms. The Kier molecular flexibility index (Phi) is 9.23. The lowest BCUT2D eigenvalue weighted by Gasteiger charge is -2.10. The van der Waals surface area contributed by atoms with E-state index in [0.29, 0.717) is 6.04 Å². The van der Waals surface area contributed by atoms with E-state index in [1.807, 2.05) is 0 Å². The van der Waals surface area contributed by atoms with Crippen molar-refractivity contribution in [2.75, 3.05) is 0 Å². The van der Waals surface area contributed by atoms with Gasteiger partial charge in [-0.2, -0.15) is 11.3 Å². The maximum Gasteiger partial charge on any atom is 0.00419 e. The molecule has 0 aromatic carbocycles. The van der Waals surface area contributed by atoms with Crippen molar-refractivity contribution in [2.45, 2.75) is 77.2 Å². The lowest BCUT2D eigenvalue weighted by molar-refractivity contribution is 0.510. The Morgan fingerprint density at radius 3 is 2.44 bits per heavy atom. The average Bonchev–Trinajstić information content (AvgIpc) is 2.88. The van der Waals surface area contributed by atoms with E-state index in [-0.39, 0.29) is 0 Å². The van der Waals surface area contributed by atoms with Crippen LogP contribution in [-0.2, 0) is 6.42 Å². The van der Waals surface area contributed by atoms with E-state index < -0.39 is 0 Å². The van der Waals surface area contributed by atoms with E-state index in [4.69, 9.17) is 5.73 Å². The third-order valence-corrected chi connectivity index (χ3v) is 4.29. The van der Waals surface area contributed by atoms with Crippen molar-refractivity contribution in [3.8, 4) is 0 Å². The van der Waals surface area contributed by atoms with Crippen molar-refractivity contribution < 1.29 is 0 Å². The minimum Gasteiger partial charge on any atom is -0.328 e. The van der Waals surface area contributed by atoms with Crippen LogP contribution < -0.4 is 5.73 Å². The number of aryl methyl sites for hydroxylation is 1. The minimum atomic E-state index is 0.403. The van der Waals surface area contributed by atoms with E-state index in [9.17, 15) is 0 Å². The summed E-state index contributed by atoms with van der Waals surface area (Å²) in [5.74, 6) is 0. The van der Waals surface area contributed by atoms with Gasteiger partial charge < -0.3 is 5.73 Å². The predicted molar refractivity (Wildman–Crippen MR) is 83.2 cm³/mol. The molecule has 0 fully saturated rings. The fourth-order valence-electron chi connectivity index (χ4n) is 2.29. The van der Waals surface area contributed by atoms with Crippen molar-refractivity contribution in [3.63, 3.8) is 0 Å². The molecule has 1 unspecified atom stereocenters. The van der Waals surface area contributed by atoms with Crippen LogP contribution >= 0.6 is 11.3 Å². The second-order valence-electron chi connectivity index (χ2n) is 5.34. The molecule has 0 spiro atoms. The number of unbranched alkanes of at least 4 members (excludes halogenated alkanes) is 6. The number of hydrogen-bond acceptors (Lipinski definition) is 2. The summed E-state index contributed by atoms with van der Waals surface area (Å²) >= 11 is 1.78. The van der Waals surface area contributed by atoms with Gasteiger partial charge >= 0.3 is 0 Å². The summed E-state index contributed by atoms with van der Waals surface area (Å²) in [6.07, 6.45) is 13.2. The molecule has 1 nitrogen and oxygen atoms in total. The summed E-state index contributed by atoms with van der Waals surface area (Å²) in [6.45, 7) is 2.27. The van der Waals surface area contributed by atoms with E-state index >= 15 is 0 Å². The maximum absolute atomic E-state index is 6.16. The van der Waals surface area contributed by atoms with Gasteiger partial charge in [-0.25, -0.2) is 0 Å². The Morgan fingerprint density at radius 1 is 1.06 bits per heavy atom. The third-order valence-electron chi connectivity index (χ3n) is 3.56. The highest BCUT2D eigenvalue weighted by molar-refractivity contribution is 7.07. The monoisotopic (exact) mass is 267 g/mol. The van der Waals surface area contributed by atoms with Crippen LogP contribution in [0, 0.1) is 0 Å². The van der Waals surface area contributed by atoms with Gasteiger partial charge in [-0.05, 0) is 41.7 Å². The molecule has 2 heteroatoms. The van der Waals surface area contributed by atoms with Crippen LogP contribution in [0.1, 0.15) is 70.3 Å². The summed E-state index contributed by atoms with van der Waals surface area (Å²) in [7, 11) is 0. The molecule has 0 aliphatic carbocycles. The number of nitrogens with two attached hydrogens (primary N) is 1. The van der Waals surface area contributed by atoms with Crippen molar-refractivity contribution in [1.29, 1.82) is 0 Å². The van der Waals surface area contributed by atoms with Gasteiger partial charge in [-0.3, -0.25) is 0 Å². The highest BCUT2D eigenvalue weighted by atomic mass is 32.1. The van der Waals surface area contributed by atoms with E-state index in [2.05, 4.69) is 23.8 Å². The number of hydrogen-bond donors (Lipinski definition) is 1. The van der Waals surface area contributed by atoms with E-state index in [0.717, 1.165) is 12.8 Å². The second-order valence-corrected chi connectivity index (χ2v) is 6.12. The van der Waals surface area contributed by atoms with Crippen molar-refractivity contribution in [1.82, 2.24) is 0 Å². The molecule has 104 valence electrons. The van der Waals surface area contributed by atoms with Gasteiger partial charge in [0.25, 0.3) is 0 Å². The van der Waals surface area contributed by atoms with E-state index in [1.165, 1.54) is 56.9 Å². The topological polar surface area (TPSA) is 26.0 Å². The fourth-order valence-corrected chi connectivity index (χ4v) is 3.00. The maximum atomic E-state index is 6.16. The largest absolute Gasteiger partial charge is 0.328 e. The van der Waals surface area contributed by atoms with Crippen LogP contribution in [0.2, 0.25) is 0 Å². The molecule has 0 saturated carbocycles. The van der Waals surface area contributed by atoms with Crippen LogP contribution in [-0.4, -0.2) is 6.04 Å². The molecule has 1 rings (SSSR count). The molecule has 0 aliphatic heterocycles. The highest BCUT2D eigenvalue weighted by Crippen LogP contribution is 2.13. The standard InChI is InChI=1S/C16H29NS/c1-2-3-4-5-6-7-8-9-16(17)11-10-15-12-13-18-14-15/h12-14,16H,2-11,17H2,1H3. The highest BCUT2D eigenvalue weighted by Gasteiger charge is 2.03.